The third-order valence-corrected chi connectivity index (χ3v) is 2.58. The Balaban J connectivity index is 2.25. The quantitative estimate of drug-likeness (QED) is 0.768. The molecule has 1 aliphatic carbocycles. The zero-order valence-electron chi connectivity index (χ0n) is 7.39. The molecule has 1 aromatic rings. The van der Waals surface area contributed by atoms with Crippen molar-refractivity contribution in [1.29, 1.82) is 0 Å². The summed E-state index contributed by atoms with van der Waals surface area (Å²) in [5.41, 5.74) is 9.55. The van der Waals surface area contributed by atoms with Crippen LogP contribution in [0.4, 0.5) is 0 Å². The predicted molar refractivity (Wildman–Crippen MR) is 56.8 cm³/mol. The molecular formula is C11H12ClN. The summed E-state index contributed by atoms with van der Waals surface area (Å²) < 4.78 is 0. The Morgan fingerprint density at radius 3 is 3.00 bits per heavy atom. The van der Waals surface area contributed by atoms with Gasteiger partial charge in [-0.15, -0.1) is 0 Å². The summed E-state index contributed by atoms with van der Waals surface area (Å²) in [5, 5.41) is 0.821. The van der Waals surface area contributed by atoms with Crippen LogP contribution in [-0.2, 0) is 6.42 Å². The molecule has 0 fully saturated rings. The summed E-state index contributed by atoms with van der Waals surface area (Å²) in [6.07, 6.45) is 4.23. The van der Waals surface area contributed by atoms with Crippen molar-refractivity contribution in [3.05, 3.63) is 39.9 Å². The van der Waals surface area contributed by atoms with Gasteiger partial charge in [-0.2, -0.15) is 0 Å². The summed E-state index contributed by atoms with van der Waals surface area (Å²) in [4.78, 5) is 0. The maximum atomic E-state index is 5.90. The Hall–Kier alpha value is -0.790. The molecule has 2 heteroatoms. The Morgan fingerprint density at radius 2 is 2.23 bits per heavy atom. The van der Waals surface area contributed by atoms with E-state index in [0.717, 1.165) is 24.4 Å². The third kappa shape index (κ3) is 1.77. The summed E-state index contributed by atoms with van der Waals surface area (Å²) in [6, 6.07) is 6.04. The molecule has 0 saturated carbocycles. The van der Waals surface area contributed by atoms with Crippen LogP contribution < -0.4 is 5.73 Å². The maximum absolute atomic E-state index is 5.90. The van der Waals surface area contributed by atoms with Crippen LogP contribution in [0, 0.1) is 0 Å². The highest BCUT2D eigenvalue weighted by atomic mass is 35.5. The van der Waals surface area contributed by atoms with Gasteiger partial charge in [0.1, 0.15) is 0 Å². The normalized spacial score (nSPS) is 14.2. The van der Waals surface area contributed by atoms with Gasteiger partial charge >= 0.3 is 0 Å². The van der Waals surface area contributed by atoms with E-state index in [2.05, 4.69) is 12.1 Å². The molecule has 0 aliphatic heterocycles. The third-order valence-electron chi connectivity index (χ3n) is 2.35. The predicted octanol–water partition coefficient (Wildman–Crippen LogP) is 2.63. The molecule has 1 aromatic carbocycles. The first kappa shape index (κ1) is 8.79. The van der Waals surface area contributed by atoms with Crippen molar-refractivity contribution in [3.8, 4) is 0 Å². The van der Waals surface area contributed by atoms with Crippen molar-refractivity contribution < 1.29 is 0 Å². The number of hydrogen-bond donors (Lipinski definition) is 1. The minimum Gasteiger partial charge on any atom is -0.330 e. The van der Waals surface area contributed by atoms with Gasteiger partial charge < -0.3 is 5.73 Å². The molecule has 0 atom stereocenters. The topological polar surface area (TPSA) is 26.0 Å². The monoisotopic (exact) mass is 193 g/mol. The molecule has 0 heterocycles. The number of halogens is 1. The van der Waals surface area contributed by atoms with Gasteiger partial charge in [0.05, 0.1) is 0 Å². The summed E-state index contributed by atoms with van der Waals surface area (Å²) in [7, 11) is 0. The molecular weight excluding hydrogens is 182 g/mol. The van der Waals surface area contributed by atoms with Crippen molar-refractivity contribution in [2.75, 3.05) is 6.54 Å². The fourth-order valence-corrected chi connectivity index (χ4v) is 1.92. The number of rotatable bonds is 2. The summed E-state index contributed by atoms with van der Waals surface area (Å²) >= 11 is 5.90. The molecule has 0 bridgehead atoms. The summed E-state index contributed by atoms with van der Waals surface area (Å²) in [6.45, 7) is 0.730. The van der Waals surface area contributed by atoms with Crippen LogP contribution in [0.3, 0.4) is 0 Å². The molecule has 13 heavy (non-hydrogen) atoms. The first-order valence-corrected chi connectivity index (χ1v) is 4.85. The molecule has 1 nitrogen and oxygen atoms in total. The van der Waals surface area contributed by atoms with E-state index in [-0.39, 0.29) is 0 Å². The van der Waals surface area contributed by atoms with Gasteiger partial charge in [0.2, 0.25) is 0 Å². The molecule has 0 radical (unpaired) electrons. The molecule has 2 N–H and O–H groups in total. The average Bonchev–Trinajstić information content (AvgIpc) is 2.46. The molecule has 0 saturated heterocycles. The van der Waals surface area contributed by atoms with Crippen LogP contribution in [0.2, 0.25) is 5.02 Å². The fourth-order valence-electron chi connectivity index (χ4n) is 1.73. The second-order valence-corrected chi connectivity index (χ2v) is 3.80. The van der Waals surface area contributed by atoms with E-state index in [1.54, 1.807) is 0 Å². The van der Waals surface area contributed by atoms with Crippen molar-refractivity contribution in [2.45, 2.75) is 12.8 Å². The minimum atomic E-state index is 0.730. The van der Waals surface area contributed by atoms with Crippen molar-refractivity contribution in [2.24, 2.45) is 5.73 Å². The number of nitrogens with two attached hydrogens (primary N) is 1. The first-order chi connectivity index (χ1) is 6.29. The number of benzene rings is 1. The van der Waals surface area contributed by atoms with Crippen molar-refractivity contribution in [3.63, 3.8) is 0 Å². The second kappa shape index (κ2) is 3.52. The van der Waals surface area contributed by atoms with E-state index in [9.17, 15) is 0 Å². The zero-order chi connectivity index (χ0) is 9.26. The smallest absolute Gasteiger partial charge is 0.0409 e. The van der Waals surface area contributed by atoms with Gasteiger partial charge in [-0.3, -0.25) is 0 Å². The fraction of sp³-hybridized carbons (Fsp3) is 0.273. The standard InChI is InChI=1S/C11H12ClN/c12-11-2-1-9-5-8(3-4-13)6-10(9)7-11/h1-2,5,7H,3-4,6,13H2. The molecule has 1 aliphatic rings. The van der Waals surface area contributed by atoms with Gasteiger partial charge in [-0.25, -0.2) is 0 Å². The van der Waals surface area contributed by atoms with Gasteiger partial charge in [-0.05, 0) is 42.6 Å². The summed E-state index contributed by atoms with van der Waals surface area (Å²) in [5.74, 6) is 0. The zero-order valence-corrected chi connectivity index (χ0v) is 8.14. The van der Waals surface area contributed by atoms with Gasteiger partial charge in [-0.1, -0.05) is 29.3 Å². The van der Waals surface area contributed by atoms with Crippen molar-refractivity contribution in [1.82, 2.24) is 0 Å². The lowest BCUT2D eigenvalue weighted by Gasteiger charge is -1.99. The molecule has 2 rings (SSSR count). The molecule has 0 aromatic heterocycles. The number of fused-ring (bicyclic) bond motifs is 1. The maximum Gasteiger partial charge on any atom is 0.0409 e. The van der Waals surface area contributed by atoms with Crippen LogP contribution in [0.5, 0.6) is 0 Å². The van der Waals surface area contributed by atoms with Gasteiger partial charge in [0.25, 0.3) is 0 Å². The van der Waals surface area contributed by atoms with Crippen LogP contribution >= 0.6 is 11.6 Å². The van der Waals surface area contributed by atoms with E-state index in [1.807, 2.05) is 12.1 Å². The lowest BCUT2D eigenvalue weighted by atomic mass is 10.1. The highest BCUT2D eigenvalue weighted by molar-refractivity contribution is 6.30. The Labute approximate surface area is 83.2 Å². The van der Waals surface area contributed by atoms with Gasteiger partial charge in [0, 0.05) is 5.02 Å². The number of hydrogen-bond acceptors (Lipinski definition) is 1. The van der Waals surface area contributed by atoms with E-state index in [0.29, 0.717) is 0 Å². The van der Waals surface area contributed by atoms with E-state index in [4.69, 9.17) is 17.3 Å². The molecule has 0 amide bonds. The Kier molecular flexibility index (Phi) is 2.38. The van der Waals surface area contributed by atoms with Crippen LogP contribution in [0.15, 0.2) is 23.8 Å². The van der Waals surface area contributed by atoms with Crippen molar-refractivity contribution >= 4 is 17.7 Å². The first-order valence-electron chi connectivity index (χ1n) is 4.47. The largest absolute Gasteiger partial charge is 0.330 e. The molecule has 0 unspecified atom stereocenters. The minimum absolute atomic E-state index is 0.730. The average molecular weight is 194 g/mol. The second-order valence-electron chi connectivity index (χ2n) is 3.36. The Bertz CT molecular complexity index is 355. The van der Waals surface area contributed by atoms with Gasteiger partial charge in [0.15, 0.2) is 0 Å². The Morgan fingerprint density at radius 1 is 1.38 bits per heavy atom. The lowest BCUT2D eigenvalue weighted by Crippen LogP contribution is -1.99. The SMILES string of the molecule is NCCC1=Cc2ccc(Cl)cc2C1. The molecule has 68 valence electrons. The van der Waals surface area contributed by atoms with E-state index >= 15 is 0 Å². The highest BCUT2D eigenvalue weighted by Crippen LogP contribution is 2.28. The highest BCUT2D eigenvalue weighted by Gasteiger charge is 2.11. The van der Waals surface area contributed by atoms with E-state index < -0.39 is 0 Å². The molecule has 0 spiro atoms. The van der Waals surface area contributed by atoms with Crippen LogP contribution in [0.1, 0.15) is 17.5 Å². The lowest BCUT2D eigenvalue weighted by molar-refractivity contribution is 0.927. The van der Waals surface area contributed by atoms with Crippen LogP contribution in [-0.4, -0.2) is 6.54 Å². The van der Waals surface area contributed by atoms with E-state index in [1.165, 1.54) is 16.7 Å². The van der Waals surface area contributed by atoms with Crippen LogP contribution in [0.25, 0.3) is 6.08 Å².